The maximum atomic E-state index is 13.9. The summed E-state index contributed by atoms with van der Waals surface area (Å²) in [4.78, 5) is 1.92. The minimum Gasteiger partial charge on any atom is -0.389 e. The van der Waals surface area contributed by atoms with Crippen LogP contribution in [-0.2, 0) is 0 Å². The van der Waals surface area contributed by atoms with Crippen LogP contribution in [0, 0.1) is 5.82 Å². The molecule has 1 rings (SSSR count). The predicted octanol–water partition coefficient (Wildman–Crippen LogP) is 3.50. The quantitative estimate of drug-likeness (QED) is 0.850. The van der Waals surface area contributed by atoms with Gasteiger partial charge < -0.3 is 10.0 Å². The molecule has 0 aliphatic rings. The lowest BCUT2D eigenvalue weighted by atomic mass is 10.0. The third-order valence-corrected chi connectivity index (χ3v) is 3.19. The molecule has 0 aliphatic heterocycles. The average Bonchev–Trinajstić information content (AvgIpc) is 2.28. The van der Waals surface area contributed by atoms with E-state index in [0.29, 0.717) is 11.3 Å². The lowest BCUT2D eigenvalue weighted by Gasteiger charge is -2.30. The molecule has 96 valence electrons. The van der Waals surface area contributed by atoms with Gasteiger partial charge in [0.1, 0.15) is 5.82 Å². The van der Waals surface area contributed by atoms with Crippen molar-refractivity contribution in [2.24, 2.45) is 0 Å². The Balaban J connectivity index is 3.10. The number of rotatable bonds is 5. The van der Waals surface area contributed by atoms with Crippen LogP contribution in [0.5, 0.6) is 0 Å². The van der Waals surface area contributed by atoms with Crippen LogP contribution in [0.3, 0.4) is 0 Å². The fourth-order valence-electron chi connectivity index (χ4n) is 2.07. The van der Waals surface area contributed by atoms with E-state index in [1.807, 2.05) is 11.9 Å². The summed E-state index contributed by atoms with van der Waals surface area (Å²) in [7, 11) is 1.88. The first-order valence-corrected chi connectivity index (χ1v) is 6.18. The number of aliphatic hydroxyl groups is 1. The number of para-hydroxylation sites is 1. The summed E-state index contributed by atoms with van der Waals surface area (Å²) in [5, 5.41) is 9.70. The van der Waals surface area contributed by atoms with Gasteiger partial charge in [-0.15, -0.1) is 0 Å². The molecule has 1 aromatic rings. The summed E-state index contributed by atoms with van der Waals surface area (Å²) < 4.78 is 13.9. The molecule has 0 heterocycles. The van der Waals surface area contributed by atoms with Crippen molar-refractivity contribution in [2.45, 2.75) is 45.8 Å². The van der Waals surface area contributed by atoms with Crippen LogP contribution in [0.25, 0.3) is 0 Å². The summed E-state index contributed by atoms with van der Waals surface area (Å²) in [6, 6.07) is 5.11. The maximum absolute atomic E-state index is 13.9. The lowest BCUT2D eigenvalue weighted by Crippen LogP contribution is -2.30. The van der Waals surface area contributed by atoms with Crippen molar-refractivity contribution >= 4 is 5.69 Å². The Labute approximate surface area is 103 Å². The zero-order valence-corrected chi connectivity index (χ0v) is 11.1. The highest BCUT2D eigenvalue weighted by molar-refractivity contribution is 5.55. The highest BCUT2D eigenvalue weighted by atomic mass is 19.1. The fourth-order valence-corrected chi connectivity index (χ4v) is 2.07. The van der Waals surface area contributed by atoms with Gasteiger partial charge in [0, 0.05) is 18.7 Å². The summed E-state index contributed by atoms with van der Waals surface area (Å²) in [6.07, 6.45) is 1.41. The molecule has 0 aromatic heterocycles. The molecule has 2 nitrogen and oxygen atoms in total. The van der Waals surface area contributed by atoms with E-state index in [1.165, 1.54) is 6.07 Å². The SMILES string of the molecule is CCCC(C)N(C)c1c(F)cccc1[C@@H](C)O. The molecule has 1 N–H and O–H groups in total. The van der Waals surface area contributed by atoms with Gasteiger partial charge in [-0.05, 0) is 26.3 Å². The number of anilines is 1. The molecular formula is C14H22FNO. The van der Waals surface area contributed by atoms with Gasteiger partial charge in [0.05, 0.1) is 11.8 Å². The summed E-state index contributed by atoms with van der Waals surface area (Å²) in [5.74, 6) is -0.270. The van der Waals surface area contributed by atoms with E-state index in [9.17, 15) is 9.50 Å². The molecule has 0 saturated heterocycles. The second-order valence-corrected chi connectivity index (χ2v) is 4.60. The van der Waals surface area contributed by atoms with Crippen LogP contribution >= 0.6 is 0 Å². The van der Waals surface area contributed by atoms with Gasteiger partial charge in [0.25, 0.3) is 0 Å². The standard InChI is InChI=1S/C14H22FNO/c1-5-7-10(2)16(4)14-12(11(3)17)8-6-9-13(14)15/h6,8-11,17H,5,7H2,1-4H3/t10?,11-/m1/s1. The highest BCUT2D eigenvalue weighted by Gasteiger charge is 2.19. The van der Waals surface area contributed by atoms with Crippen LogP contribution in [0.4, 0.5) is 10.1 Å². The smallest absolute Gasteiger partial charge is 0.146 e. The topological polar surface area (TPSA) is 23.5 Å². The molecule has 3 heteroatoms. The van der Waals surface area contributed by atoms with Gasteiger partial charge in [0.15, 0.2) is 0 Å². The molecule has 17 heavy (non-hydrogen) atoms. The van der Waals surface area contributed by atoms with E-state index in [-0.39, 0.29) is 11.9 Å². The summed E-state index contributed by atoms with van der Waals surface area (Å²) in [6.45, 7) is 5.85. The molecule has 0 spiro atoms. The molecule has 0 amide bonds. The molecule has 0 aliphatic carbocycles. The average molecular weight is 239 g/mol. The first kappa shape index (κ1) is 14.0. The van der Waals surface area contributed by atoms with Gasteiger partial charge in [0.2, 0.25) is 0 Å². The van der Waals surface area contributed by atoms with Gasteiger partial charge in [-0.1, -0.05) is 25.5 Å². The lowest BCUT2D eigenvalue weighted by molar-refractivity contribution is 0.199. The molecule has 0 bridgehead atoms. The zero-order chi connectivity index (χ0) is 13.0. The number of hydrogen-bond acceptors (Lipinski definition) is 2. The predicted molar refractivity (Wildman–Crippen MR) is 69.8 cm³/mol. The van der Waals surface area contributed by atoms with Gasteiger partial charge >= 0.3 is 0 Å². The van der Waals surface area contributed by atoms with Crippen molar-refractivity contribution in [1.82, 2.24) is 0 Å². The van der Waals surface area contributed by atoms with Crippen molar-refractivity contribution < 1.29 is 9.50 Å². The highest BCUT2D eigenvalue weighted by Crippen LogP contribution is 2.30. The second-order valence-electron chi connectivity index (χ2n) is 4.60. The second kappa shape index (κ2) is 6.01. The van der Waals surface area contributed by atoms with Crippen LogP contribution < -0.4 is 4.90 Å². The summed E-state index contributed by atoms with van der Waals surface area (Å²) in [5.41, 5.74) is 1.17. The van der Waals surface area contributed by atoms with Crippen LogP contribution in [0.1, 0.15) is 45.3 Å². The molecule has 0 radical (unpaired) electrons. The Morgan fingerprint density at radius 1 is 1.35 bits per heavy atom. The van der Waals surface area contributed by atoms with Crippen molar-refractivity contribution in [1.29, 1.82) is 0 Å². The van der Waals surface area contributed by atoms with E-state index in [4.69, 9.17) is 0 Å². The van der Waals surface area contributed by atoms with Gasteiger partial charge in [-0.2, -0.15) is 0 Å². The fraction of sp³-hybridized carbons (Fsp3) is 0.571. The number of halogens is 1. The van der Waals surface area contributed by atoms with E-state index in [0.717, 1.165) is 12.8 Å². The van der Waals surface area contributed by atoms with E-state index in [1.54, 1.807) is 19.1 Å². The third-order valence-electron chi connectivity index (χ3n) is 3.19. The maximum Gasteiger partial charge on any atom is 0.146 e. The van der Waals surface area contributed by atoms with E-state index < -0.39 is 6.10 Å². The Hall–Kier alpha value is -1.09. The Bertz CT molecular complexity index is 365. The van der Waals surface area contributed by atoms with Crippen molar-refractivity contribution in [3.8, 4) is 0 Å². The Morgan fingerprint density at radius 3 is 2.53 bits per heavy atom. The van der Waals surface area contributed by atoms with E-state index in [2.05, 4.69) is 13.8 Å². The normalized spacial score (nSPS) is 14.5. The van der Waals surface area contributed by atoms with Gasteiger partial charge in [-0.25, -0.2) is 4.39 Å². The van der Waals surface area contributed by atoms with Crippen LogP contribution in [0.15, 0.2) is 18.2 Å². The van der Waals surface area contributed by atoms with Crippen LogP contribution in [0.2, 0.25) is 0 Å². The number of hydrogen-bond donors (Lipinski definition) is 1. The third kappa shape index (κ3) is 3.19. The van der Waals surface area contributed by atoms with Crippen molar-refractivity contribution in [3.63, 3.8) is 0 Å². The molecule has 1 aromatic carbocycles. The number of benzene rings is 1. The molecule has 0 fully saturated rings. The van der Waals surface area contributed by atoms with E-state index >= 15 is 0 Å². The molecule has 0 saturated carbocycles. The Morgan fingerprint density at radius 2 is 2.00 bits per heavy atom. The first-order valence-electron chi connectivity index (χ1n) is 6.18. The molecule has 1 unspecified atom stereocenters. The summed E-state index contributed by atoms with van der Waals surface area (Å²) >= 11 is 0. The first-order chi connectivity index (χ1) is 7.99. The minimum atomic E-state index is -0.656. The van der Waals surface area contributed by atoms with Crippen molar-refractivity contribution in [3.05, 3.63) is 29.6 Å². The molecule has 2 atom stereocenters. The number of nitrogens with zero attached hydrogens (tertiary/aromatic N) is 1. The van der Waals surface area contributed by atoms with Gasteiger partial charge in [-0.3, -0.25) is 0 Å². The largest absolute Gasteiger partial charge is 0.389 e. The zero-order valence-electron chi connectivity index (χ0n) is 11.1. The Kier molecular flexibility index (Phi) is 4.94. The molecular weight excluding hydrogens is 217 g/mol. The van der Waals surface area contributed by atoms with Crippen LogP contribution in [-0.4, -0.2) is 18.2 Å². The minimum absolute atomic E-state index is 0.259. The number of aliphatic hydroxyl groups excluding tert-OH is 1. The monoisotopic (exact) mass is 239 g/mol. The van der Waals surface area contributed by atoms with Crippen molar-refractivity contribution in [2.75, 3.05) is 11.9 Å².